The minimum absolute atomic E-state index is 0.225. The van der Waals surface area contributed by atoms with Crippen molar-refractivity contribution in [3.63, 3.8) is 0 Å². The molecule has 2 atom stereocenters. The highest BCUT2D eigenvalue weighted by molar-refractivity contribution is 5.63. The lowest BCUT2D eigenvalue weighted by Crippen LogP contribution is -2.45. The van der Waals surface area contributed by atoms with E-state index in [-0.39, 0.29) is 18.4 Å². The summed E-state index contributed by atoms with van der Waals surface area (Å²) in [5.74, 6) is -0.319. The van der Waals surface area contributed by atoms with Crippen molar-refractivity contribution in [1.29, 1.82) is 0 Å². The van der Waals surface area contributed by atoms with Crippen molar-refractivity contribution in [2.24, 2.45) is 0 Å². The second-order valence-electron chi connectivity index (χ2n) is 5.30. The summed E-state index contributed by atoms with van der Waals surface area (Å²) < 4.78 is 15.2. The van der Waals surface area contributed by atoms with E-state index in [1.54, 1.807) is 23.2 Å². The first-order chi connectivity index (χ1) is 10.1. The van der Waals surface area contributed by atoms with Crippen LogP contribution in [0.1, 0.15) is 12.5 Å². The zero-order valence-electron chi connectivity index (χ0n) is 11.8. The second kappa shape index (κ2) is 4.96. The van der Waals surface area contributed by atoms with E-state index in [0.29, 0.717) is 17.8 Å². The zero-order valence-corrected chi connectivity index (χ0v) is 11.8. The average Bonchev–Trinajstić information content (AvgIpc) is 3.01. The van der Waals surface area contributed by atoms with Crippen LogP contribution in [0.2, 0.25) is 0 Å². The number of halogens is 1. The molecule has 110 valence electrons. The number of hydrogen-bond acceptors (Lipinski definition) is 4. The summed E-state index contributed by atoms with van der Waals surface area (Å²) in [6.45, 7) is 6.45. The van der Waals surface area contributed by atoms with E-state index in [2.05, 4.69) is 16.7 Å². The number of anilines is 1. The lowest BCUT2D eigenvalue weighted by molar-refractivity contribution is 0.00310. The van der Waals surface area contributed by atoms with E-state index in [0.717, 1.165) is 0 Å². The van der Waals surface area contributed by atoms with E-state index in [9.17, 15) is 9.50 Å². The first kappa shape index (κ1) is 13.8. The molecule has 1 aliphatic heterocycles. The summed E-state index contributed by atoms with van der Waals surface area (Å²) in [5, 5.41) is 15.2. The molecule has 1 aromatic heterocycles. The molecule has 1 aromatic carbocycles. The summed E-state index contributed by atoms with van der Waals surface area (Å²) in [5.41, 5.74) is 0.249. The first-order valence-electron chi connectivity index (χ1n) is 6.78. The molecule has 2 heterocycles. The van der Waals surface area contributed by atoms with Gasteiger partial charge in [0.15, 0.2) is 0 Å². The molecule has 0 bridgehead atoms. The molecule has 1 aliphatic rings. The van der Waals surface area contributed by atoms with Crippen molar-refractivity contribution in [2.45, 2.75) is 25.1 Å². The Morgan fingerprint density at radius 2 is 2.33 bits per heavy atom. The van der Waals surface area contributed by atoms with Gasteiger partial charge in [-0.05, 0) is 19.1 Å². The van der Waals surface area contributed by atoms with Crippen LogP contribution in [-0.2, 0) is 12.1 Å². The molecule has 0 aliphatic carbocycles. The third-order valence-electron chi connectivity index (χ3n) is 4.09. The van der Waals surface area contributed by atoms with Gasteiger partial charge in [0, 0.05) is 17.8 Å². The molecular weight excluding hydrogens is 271 g/mol. The molecule has 1 N–H and O–H groups in total. The van der Waals surface area contributed by atoms with Gasteiger partial charge in [-0.25, -0.2) is 14.1 Å². The van der Waals surface area contributed by atoms with Crippen LogP contribution < -0.4 is 4.90 Å². The summed E-state index contributed by atoms with van der Waals surface area (Å²) in [6.07, 6.45) is 4.73. The molecule has 0 saturated carbocycles. The standard InChI is InChI=1S/C15H17FN4O/c1-3-6-20-11(2)15(21,8-19-10-17-9-18-19)13-5-4-12(16)7-14(13)20/h3-5,7,9-11,21H,1,6,8H2,2H3/t11-,15-/m1/s1. The van der Waals surface area contributed by atoms with Crippen LogP contribution in [0.15, 0.2) is 43.5 Å². The fraction of sp³-hybridized carbons (Fsp3) is 0.333. The SMILES string of the molecule is C=CCN1c2cc(F)ccc2[C@@](O)(Cn2cncn2)[C@H]1C. The quantitative estimate of drug-likeness (QED) is 0.870. The van der Waals surface area contributed by atoms with E-state index >= 15 is 0 Å². The van der Waals surface area contributed by atoms with Crippen LogP contribution in [0.4, 0.5) is 10.1 Å². The van der Waals surface area contributed by atoms with Gasteiger partial charge in [-0.2, -0.15) is 5.10 Å². The first-order valence-corrected chi connectivity index (χ1v) is 6.78. The molecule has 0 unspecified atom stereocenters. The van der Waals surface area contributed by atoms with Gasteiger partial charge in [-0.1, -0.05) is 12.1 Å². The van der Waals surface area contributed by atoms with Crippen molar-refractivity contribution in [1.82, 2.24) is 14.8 Å². The molecule has 0 radical (unpaired) electrons. The van der Waals surface area contributed by atoms with E-state index in [1.165, 1.54) is 18.5 Å². The Morgan fingerprint density at radius 1 is 1.52 bits per heavy atom. The predicted octanol–water partition coefficient (Wildman–Crippen LogP) is 1.70. The number of benzene rings is 1. The second-order valence-corrected chi connectivity index (χ2v) is 5.30. The van der Waals surface area contributed by atoms with E-state index < -0.39 is 5.60 Å². The third kappa shape index (κ3) is 2.12. The average molecular weight is 288 g/mol. The van der Waals surface area contributed by atoms with Crippen molar-refractivity contribution in [2.75, 3.05) is 11.4 Å². The van der Waals surface area contributed by atoms with Crippen LogP contribution in [-0.4, -0.2) is 32.5 Å². The molecular formula is C15H17FN4O. The number of nitrogens with zero attached hydrogens (tertiary/aromatic N) is 4. The number of aliphatic hydroxyl groups is 1. The monoisotopic (exact) mass is 288 g/mol. The number of hydrogen-bond donors (Lipinski definition) is 1. The normalized spacial score (nSPS) is 24.1. The zero-order chi connectivity index (χ0) is 15.0. The minimum Gasteiger partial charge on any atom is -0.381 e. The van der Waals surface area contributed by atoms with Crippen LogP contribution in [0, 0.1) is 5.82 Å². The molecule has 0 fully saturated rings. The van der Waals surface area contributed by atoms with Gasteiger partial charge < -0.3 is 10.0 Å². The minimum atomic E-state index is -1.15. The highest BCUT2D eigenvalue weighted by atomic mass is 19.1. The van der Waals surface area contributed by atoms with Gasteiger partial charge >= 0.3 is 0 Å². The Morgan fingerprint density at radius 3 is 3.00 bits per heavy atom. The molecule has 6 heteroatoms. The molecule has 0 amide bonds. The summed E-state index contributed by atoms with van der Waals surface area (Å²) >= 11 is 0. The Kier molecular flexibility index (Phi) is 3.25. The topological polar surface area (TPSA) is 54.2 Å². The van der Waals surface area contributed by atoms with Gasteiger partial charge in [0.1, 0.15) is 24.1 Å². The lowest BCUT2D eigenvalue weighted by Gasteiger charge is -2.32. The predicted molar refractivity (Wildman–Crippen MR) is 77.3 cm³/mol. The van der Waals surface area contributed by atoms with Crippen LogP contribution in [0.25, 0.3) is 0 Å². The molecule has 0 spiro atoms. The largest absolute Gasteiger partial charge is 0.381 e. The Bertz CT molecular complexity index is 658. The summed E-state index contributed by atoms with van der Waals surface area (Å²) in [6, 6.07) is 4.24. The highest BCUT2D eigenvalue weighted by Gasteiger charge is 2.47. The van der Waals surface area contributed by atoms with Crippen molar-refractivity contribution in [3.05, 3.63) is 54.9 Å². The smallest absolute Gasteiger partial charge is 0.137 e. The number of fused-ring (bicyclic) bond motifs is 1. The molecule has 0 saturated heterocycles. The van der Waals surface area contributed by atoms with E-state index in [1.807, 2.05) is 11.8 Å². The fourth-order valence-corrected chi connectivity index (χ4v) is 2.97. The fourth-order valence-electron chi connectivity index (χ4n) is 2.97. The Hall–Kier alpha value is -2.21. The summed E-state index contributed by atoms with van der Waals surface area (Å²) in [7, 11) is 0. The molecule has 3 rings (SSSR count). The Balaban J connectivity index is 2.07. The molecule has 2 aromatic rings. The van der Waals surface area contributed by atoms with Gasteiger partial charge in [0.25, 0.3) is 0 Å². The maximum absolute atomic E-state index is 13.6. The van der Waals surface area contributed by atoms with Crippen LogP contribution in [0.5, 0.6) is 0 Å². The van der Waals surface area contributed by atoms with Crippen LogP contribution in [0.3, 0.4) is 0 Å². The van der Waals surface area contributed by atoms with Gasteiger partial charge in [-0.15, -0.1) is 6.58 Å². The lowest BCUT2D eigenvalue weighted by atomic mass is 9.90. The molecule has 5 nitrogen and oxygen atoms in total. The van der Waals surface area contributed by atoms with Gasteiger partial charge in [0.2, 0.25) is 0 Å². The van der Waals surface area contributed by atoms with Crippen molar-refractivity contribution < 1.29 is 9.50 Å². The highest BCUT2D eigenvalue weighted by Crippen LogP contribution is 2.44. The van der Waals surface area contributed by atoms with Crippen molar-refractivity contribution >= 4 is 5.69 Å². The maximum atomic E-state index is 13.6. The van der Waals surface area contributed by atoms with Crippen molar-refractivity contribution in [3.8, 4) is 0 Å². The van der Waals surface area contributed by atoms with Gasteiger partial charge in [0.05, 0.1) is 12.6 Å². The Labute approximate surface area is 122 Å². The maximum Gasteiger partial charge on any atom is 0.137 e. The van der Waals surface area contributed by atoms with Crippen LogP contribution >= 0.6 is 0 Å². The van der Waals surface area contributed by atoms with Gasteiger partial charge in [-0.3, -0.25) is 0 Å². The third-order valence-corrected chi connectivity index (χ3v) is 4.09. The summed E-state index contributed by atoms with van der Waals surface area (Å²) in [4.78, 5) is 5.84. The number of rotatable bonds is 4. The molecule has 21 heavy (non-hydrogen) atoms. The van der Waals surface area contributed by atoms with E-state index in [4.69, 9.17) is 0 Å². The number of aromatic nitrogens is 3.